The van der Waals surface area contributed by atoms with Gasteiger partial charge in [0.05, 0.1) is 0 Å². The summed E-state index contributed by atoms with van der Waals surface area (Å²) in [5.41, 5.74) is 9.97. The molecule has 0 N–H and O–H groups in total. The topological polar surface area (TPSA) is 0 Å². The highest BCUT2D eigenvalue weighted by Crippen LogP contribution is 2.40. The van der Waals surface area contributed by atoms with Crippen molar-refractivity contribution < 1.29 is 0 Å². The average molecular weight is 489 g/mol. The molecule has 7 rings (SSSR count). The summed E-state index contributed by atoms with van der Waals surface area (Å²) in [6.07, 6.45) is 0. The summed E-state index contributed by atoms with van der Waals surface area (Å²) < 4.78 is 2.69. The molecule has 0 aliphatic rings. The van der Waals surface area contributed by atoms with E-state index in [1.807, 2.05) is 11.3 Å². The molecular formula is C36H24S. The summed E-state index contributed by atoms with van der Waals surface area (Å²) in [5.74, 6) is 0. The van der Waals surface area contributed by atoms with E-state index in [0.29, 0.717) is 0 Å². The van der Waals surface area contributed by atoms with E-state index in [-0.39, 0.29) is 0 Å². The molecule has 0 aliphatic carbocycles. The van der Waals surface area contributed by atoms with Crippen molar-refractivity contribution in [3.63, 3.8) is 0 Å². The predicted molar refractivity (Wildman–Crippen MR) is 161 cm³/mol. The normalized spacial score (nSPS) is 11.2. The molecule has 37 heavy (non-hydrogen) atoms. The van der Waals surface area contributed by atoms with Gasteiger partial charge in [-0.1, -0.05) is 127 Å². The van der Waals surface area contributed by atoms with E-state index in [1.54, 1.807) is 0 Å². The standard InChI is InChI=1S/C36H24S/c1-2-9-25(10-3-1)26-19-21-27(22-20-26)28-11-6-12-29(23-28)30-13-7-14-31(24-30)32-16-8-17-34-33-15-4-5-18-35(33)37-36(32)34/h1-24H. The number of hydrogen-bond acceptors (Lipinski definition) is 1. The lowest BCUT2D eigenvalue weighted by molar-refractivity contribution is 1.57. The van der Waals surface area contributed by atoms with Crippen LogP contribution in [-0.4, -0.2) is 0 Å². The summed E-state index contributed by atoms with van der Waals surface area (Å²) in [7, 11) is 0. The fourth-order valence-corrected chi connectivity index (χ4v) is 6.44. The highest BCUT2D eigenvalue weighted by molar-refractivity contribution is 7.26. The lowest BCUT2D eigenvalue weighted by Crippen LogP contribution is -1.84. The molecule has 1 heteroatoms. The van der Waals surface area contributed by atoms with Crippen LogP contribution in [0.15, 0.2) is 146 Å². The Balaban J connectivity index is 1.26. The maximum Gasteiger partial charge on any atom is 0.0433 e. The van der Waals surface area contributed by atoms with Crippen LogP contribution in [0.3, 0.4) is 0 Å². The Morgan fingerprint density at radius 3 is 1.57 bits per heavy atom. The molecule has 0 nitrogen and oxygen atoms in total. The van der Waals surface area contributed by atoms with Crippen LogP contribution < -0.4 is 0 Å². The molecule has 0 unspecified atom stereocenters. The third-order valence-corrected chi connectivity index (χ3v) is 8.32. The molecule has 0 saturated heterocycles. The van der Waals surface area contributed by atoms with Gasteiger partial charge in [0.15, 0.2) is 0 Å². The molecule has 0 spiro atoms. The maximum atomic E-state index is 2.33. The largest absolute Gasteiger partial charge is 0.135 e. The summed E-state index contributed by atoms with van der Waals surface area (Å²) >= 11 is 1.88. The molecule has 0 fully saturated rings. The van der Waals surface area contributed by atoms with Gasteiger partial charge >= 0.3 is 0 Å². The Hall–Kier alpha value is -4.46. The fraction of sp³-hybridized carbons (Fsp3) is 0. The van der Waals surface area contributed by atoms with Crippen molar-refractivity contribution in [3.8, 4) is 44.5 Å². The Labute approximate surface area is 221 Å². The summed E-state index contributed by atoms with van der Waals surface area (Å²) in [6, 6.07) is 52.6. The Kier molecular flexibility index (Phi) is 5.42. The first-order chi connectivity index (χ1) is 18.3. The van der Waals surface area contributed by atoms with Crippen molar-refractivity contribution >= 4 is 31.5 Å². The molecule has 0 radical (unpaired) electrons. The molecule has 174 valence electrons. The van der Waals surface area contributed by atoms with E-state index in [9.17, 15) is 0 Å². The van der Waals surface area contributed by atoms with E-state index in [2.05, 4.69) is 146 Å². The number of rotatable bonds is 4. The zero-order valence-corrected chi connectivity index (χ0v) is 21.1. The van der Waals surface area contributed by atoms with Gasteiger partial charge in [-0.15, -0.1) is 11.3 Å². The number of thiophene rings is 1. The van der Waals surface area contributed by atoms with Gasteiger partial charge in [-0.2, -0.15) is 0 Å². The van der Waals surface area contributed by atoms with Crippen molar-refractivity contribution in [2.24, 2.45) is 0 Å². The average Bonchev–Trinajstić information content (AvgIpc) is 3.37. The predicted octanol–water partition coefficient (Wildman–Crippen LogP) is 10.7. The molecular weight excluding hydrogens is 464 g/mol. The molecule has 0 atom stereocenters. The quantitative estimate of drug-likeness (QED) is 0.231. The molecule has 0 saturated carbocycles. The highest BCUT2D eigenvalue weighted by atomic mass is 32.1. The minimum absolute atomic E-state index is 1.23. The van der Waals surface area contributed by atoms with Crippen molar-refractivity contribution in [1.29, 1.82) is 0 Å². The van der Waals surface area contributed by atoms with E-state index in [1.165, 1.54) is 64.7 Å². The zero-order chi connectivity index (χ0) is 24.6. The van der Waals surface area contributed by atoms with Crippen molar-refractivity contribution in [2.45, 2.75) is 0 Å². The number of hydrogen-bond donors (Lipinski definition) is 0. The second-order valence-electron chi connectivity index (χ2n) is 9.39. The van der Waals surface area contributed by atoms with Gasteiger partial charge in [-0.25, -0.2) is 0 Å². The van der Waals surface area contributed by atoms with Gasteiger partial charge in [0.1, 0.15) is 0 Å². The molecule has 1 heterocycles. The lowest BCUT2D eigenvalue weighted by Gasteiger charge is -2.10. The first kappa shape index (κ1) is 21.8. The lowest BCUT2D eigenvalue weighted by atomic mass is 9.95. The van der Waals surface area contributed by atoms with E-state index >= 15 is 0 Å². The van der Waals surface area contributed by atoms with Gasteiger partial charge in [-0.05, 0) is 62.7 Å². The van der Waals surface area contributed by atoms with Crippen LogP contribution in [0.5, 0.6) is 0 Å². The first-order valence-electron chi connectivity index (χ1n) is 12.6. The van der Waals surface area contributed by atoms with Gasteiger partial charge in [0, 0.05) is 20.2 Å². The van der Waals surface area contributed by atoms with E-state index in [0.717, 1.165) is 0 Å². The smallest absolute Gasteiger partial charge is 0.0433 e. The molecule has 6 aromatic carbocycles. The van der Waals surface area contributed by atoms with Gasteiger partial charge in [0.25, 0.3) is 0 Å². The van der Waals surface area contributed by atoms with Gasteiger partial charge in [0.2, 0.25) is 0 Å². The van der Waals surface area contributed by atoms with Crippen molar-refractivity contribution in [3.05, 3.63) is 146 Å². The Morgan fingerprint density at radius 1 is 0.324 bits per heavy atom. The minimum Gasteiger partial charge on any atom is -0.135 e. The van der Waals surface area contributed by atoms with Crippen LogP contribution in [-0.2, 0) is 0 Å². The fourth-order valence-electron chi connectivity index (χ4n) is 5.20. The molecule has 0 amide bonds. The molecule has 0 bridgehead atoms. The minimum atomic E-state index is 1.23. The van der Waals surface area contributed by atoms with Gasteiger partial charge < -0.3 is 0 Å². The van der Waals surface area contributed by atoms with Crippen LogP contribution in [0.25, 0.3) is 64.7 Å². The van der Waals surface area contributed by atoms with Crippen LogP contribution in [0.2, 0.25) is 0 Å². The summed E-state index contributed by atoms with van der Waals surface area (Å²) in [5, 5.41) is 2.68. The van der Waals surface area contributed by atoms with Crippen LogP contribution >= 0.6 is 11.3 Å². The molecule has 7 aromatic rings. The second-order valence-corrected chi connectivity index (χ2v) is 10.4. The number of fused-ring (bicyclic) bond motifs is 3. The number of benzene rings is 6. The summed E-state index contributed by atoms with van der Waals surface area (Å²) in [4.78, 5) is 0. The van der Waals surface area contributed by atoms with E-state index in [4.69, 9.17) is 0 Å². The Bertz CT molecular complexity index is 1860. The SMILES string of the molecule is c1ccc(-c2ccc(-c3cccc(-c4cccc(-c5cccc6c5sc5ccccc56)c4)c3)cc2)cc1. The third-order valence-electron chi connectivity index (χ3n) is 7.10. The van der Waals surface area contributed by atoms with Crippen LogP contribution in [0.4, 0.5) is 0 Å². The monoisotopic (exact) mass is 488 g/mol. The third kappa shape index (κ3) is 4.04. The van der Waals surface area contributed by atoms with Crippen molar-refractivity contribution in [2.75, 3.05) is 0 Å². The molecule has 0 aliphatic heterocycles. The summed E-state index contributed by atoms with van der Waals surface area (Å²) in [6.45, 7) is 0. The highest BCUT2D eigenvalue weighted by Gasteiger charge is 2.11. The maximum absolute atomic E-state index is 2.33. The zero-order valence-electron chi connectivity index (χ0n) is 20.3. The van der Waals surface area contributed by atoms with E-state index < -0.39 is 0 Å². The van der Waals surface area contributed by atoms with Crippen LogP contribution in [0.1, 0.15) is 0 Å². The Morgan fingerprint density at radius 2 is 0.811 bits per heavy atom. The molecule has 1 aromatic heterocycles. The van der Waals surface area contributed by atoms with Crippen LogP contribution in [0, 0.1) is 0 Å². The second kappa shape index (κ2) is 9.20. The first-order valence-corrected chi connectivity index (χ1v) is 13.4. The van der Waals surface area contributed by atoms with Crippen molar-refractivity contribution in [1.82, 2.24) is 0 Å². The van der Waals surface area contributed by atoms with Gasteiger partial charge in [-0.3, -0.25) is 0 Å².